The highest BCUT2D eigenvalue weighted by molar-refractivity contribution is 7.07. The molecular weight excluding hydrogens is 212 g/mol. The van der Waals surface area contributed by atoms with Crippen LogP contribution in [0, 0.1) is 0 Å². The van der Waals surface area contributed by atoms with Gasteiger partial charge in [-0.15, -0.1) is 6.58 Å². The van der Waals surface area contributed by atoms with Gasteiger partial charge in [0.2, 0.25) is 0 Å². The molecule has 2 N–H and O–H groups in total. The Kier molecular flexibility index (Phi) is 4.56. The van der Waals surface area contributed by atoms with Gasteiger partial charge in [0.25, 0.3) is 0 Å². The molecule has 2 amide bonds. The van der Waals surface area contributed by atoms with Gasteiger partial charge in [-0.3, -0.25) is 9.59 Å². The minimum Gasteiger partial charge on any atom is -0.344 e. The second kappa shape index (κ2) is 5.98. The second-order valence-corrected chi connectivity index (χ2v) is 3.59. The van der Waals surface area contributed by atoms with Crippen molar-refractivity contribution in [3.63, 3.8) is 0 Å². The predicted molar refractivity (Wildman–Crippen MR) is 59.4 cm³/mol. The Labute approximate surface area is 92.0 Å². The summed E-state index contributed by atoms with van der Waals surface area (Å²) in [4.78, 5) is 22.3. The van der Waals surface area contributed by atoms with E-state index in [-0.39, 0.29) is 0 Å². The first-order valence-electron chi connectivity index (χ1n) is 4.42. The van der Waals surface area contributed by atoms with Gasteiger partial charge in [0.15, 0.2) is 0 Å². The Morgan fingerprint density at radius 1 is 1.40 bits per heavy atom. The van der Waals surface area contributed by atoms with Crippen LogP contribution in [0.3, 0.4) is 0 Å². The number of hydrogen-bond donors (Lipinski definition) is 2. The fourth-order valence-corrected chi connectivity index (χ4v) is 1.57. The van der Waals surface area contributed by atoms with E-state index >= 15 is 0 Å². The Balaban J connectivity index is 2.29. The third-order valence-electron chi connectivity index (χ3n) is 1.65. The van der Waals surface area contributed by atoms with Crippen molar-refractivity contribution in [3.8, 4) is 0 Å². The topological polar surface area (TPSA) is 58.2 Å². The zero-order chi connectivity index (χ0) is 11.1. The molecule has 1 heterocycles. The van der Waals surface area contributed by atoms with E-state index in [1.54, 1.807) is 11.3 Å². The Hall–Kier alpha value is -1.62. The SMILES string of the molecule is C=CCNC(=O)C(=O)NCc1ccsc1. The average molecular weight is 224 g/mol. The summed E-state index contributed by atoms with van der Waals surface area (Å²) < 4.78 is 0. The van der Waals surface area contributed by atoms with Crippen LogP contribution in [0.5, 0.6) is 0 Å². The van der Waals surface area contributed by atoms with E-state index in [0.717, 1.165) is 5.56 Å². The molecule has 0 fully saturated rings. The minimum atomic E-state index is -0.634. The molecule has 0 unspecified atom stereocenters. The number of carbonyl (C=O) groups is 2. The van der Waals surface area contributed by atoms with Crippen molar-refractivity contribution in [2.45, 2.75) is 6.54 Å². The molecule has 4 nitrogen and oxygen atoms in total. The van der Waals surface area contributed by atoms with Crippen molar-refractivity contribution in [2.75, 3.05) is 6.54 Å². The number of thiophene rings is 1. The molecule has 0 aromatic carbocycles. The fourth-order valence-electron chi connectivity index (χ4n) is 0.901. The van der Waals surface area contributed by atoms with Gasteiger partial charge in [-0.25, -0.2) is 0 Å². The van der Waals surface area contributed by atoms with E-state index in [2.05, 4.69) is 17.2 Å². The average Bonchev–Trinajstić information content (AvgIpc) is 2.75. The van der Waals surface area contributed by atoms with E-state index in [4.69, 9.17) is 0 Å². The molecule has 1 aromatic rings. The smallest absolute Gasteiger partial charge is 0.309 e. The first-order valence-corrected chi connectivity index (χ1v) is 5.36. The highest BCUT2D eigenvalue weighted by Crippen LogP contribution is 2.04. The largest absolute Gasteiger partial charge is 0.344 e. The third-order valence-corrected chi connectivity index (χ3v) is 2.38. The maximum atomic E-state index is 11.2. The molecule has 0 saturated carbocycles. The van der Waals surface area contributed by atoms with Crippen LogP contribution in [-0.2, 0) is 16.1 Å². The van der Waals surface area contributed by atoms with Crippen molar-refractivity contribution < 1.29 is 9.59 Å². The summed E-state index contributed by atoms with van der Waals surface area (Å²) >= 11 is 1.55. The van der Waals surface area contributed by atoms with Gasteiger partial charge in [0, 0.05) is 13.1 Å². The standard InChI is InChI=1S/C10H12N2O2S/c1-2-4-11-9(13)10(14)12-6-8-3-5-15-7-8/h2-3,5,7H,1,4,6H2,(H,11,13)(H,12,14). The summed E-state index contributed by atoms with van der Waals surface area (Å²) in [7, 11) is 0. The normalized spacial score (nSPS) is 9.33. The summed E-state index contributed by atoms with van der Waals surface area (Å²) in [5.74, 6) is -1.26. The Morgan fingerprint density at radius 2 is 2.13 bits per heavy atom. The number of carbonyl (C=O) groups excluding carboxylic acids is 2. The second-order valence-electron chi connectivity index (χ2n) is 2.81. The lowest BCUT2D eigenvalue weighted by atomic mass is 10.3. The number of rotatable bonds is 4. The van der Waals surface area contributed by atoms with E-state index < -0.39 is 11.8 Å². The summed E-state index contributed by atoms with van der Waals surface area (Å²) in [6, 6.07) is 1.90. The van der Waals surface area contributed by atoms with Crippen LogP contribution >= 0.6 is 11.3 Å². The van der Waals surface area contributed by atoms with Gasteiger partial charge in [0.1, 0.15) is 0 Å². The highest BCUT2D eigenvalue weighted by atomic mass is 32.1. The molecule has 0 atom stereocenters. The molecular formula is C10H12N2O2S. The first-order chi connectivity index (χ1) is 7.24. The molecule has 0 aliphatic carbocycles. The predicted octanol–water partition coefficient (Wildman–Crippen LogP) is 0.666. The lowest BCUT2D eigenvalue weighted by molar-refractivity contribution is -0.139. The molecule has 5 heteroatoms. The zero-order valence-corrected chi connectivity index (χ0v) is 8.97. The molecule has 0 radical (unpaired) electrons. The summed E-state index contributed by atoms with van der Waals surface area (Å²) in [6.45, 7) is 4.11. The van der Waals surface area contributed by atoms with Crippen LogP contribution in [0.2, 0.25) is 0 Å². The van der Waals surface area contributed by atoms with E-state index in [1.165, 1.54) is 6.08 Å². The van der Waals surface area contributed by atoms with Crippen LogP contribution in [0.15, 0.2) is 29.5 Å². The van der Waals surface area contributed by atoms with Crippen LogP contribution in [0.1, 0.15) is 5.56 Å². The molecule has 1 aromatic heterocycles. The first kappa shape index (κ1) is 11.5. The molecule has 0 aliphatic rings. The van der Waals surface area contributed by atoms with E-state index in [0.29, 0.717) is 13.1 Å². The van der Waals surface area contributed by atoms with Gasteiger partial charge in [0.05, 0.1) is 0 Å². The zero-order valence-electron chi connectivity index (χ0n) is 8.16. The molecule has 80 valence electrons. The number of hydrogen-bond acceptors (Lipinski definition) is 3. The summed E-state index contributed by atoms with van der Waals surface area (Å²) in [5, 5.41) is 8.75. The summed E-state index contributed by atoms with van der Waals surface area (Å²) in [5.41, 5.74) is 0.991. The monoisotopic (exact) mass is 224 g/mol. The van der Waals surface area contributed by atoms with Gasteiger partial charge in [-0.1, -0.05) is 6.08 Å². The van der Waals surface area contributed by atoms with Gasteiger partial charge in [-0.2, -0.15) is 11.3 Å². The van der Waals surface area contributed by atoms with Crippen molar-refractivity contribution in [1.29, 1.82) is 0 Å². The Bertz CT molecular complexity index is 346. The quantitative estimate of drug-likeness (QED) is 0.583. The molecule has 0 aliphatic heterocycles. The number of amides is 2. The molecule has 0 saturated heterocycles. The van der Waals surface area contributed by atoms with Gasteiger partial charge < -0.3 is 10.6 Å². The molecule has 1 rings (SSSR count). The van der Waals surface area contributed by atoms with Crippen LogP contribution in [-0.4, -0.2) is 18.4 Å². The minimum absolute atomic E-state index is 0.296. The fraction of sp³-hybridized carbons (Fsp3) is 0.200. The molecule has 0 spiro atoms. The third kappa shape index (κ3) is 3.95. The lowest BCUT2D eigenvalue weighted by Crippen LogP contribution is -2.39. The van der Waals surface area contributed by atoms with Crippen LogP contribution in [0.25, 0.3) is 0 Å². The Morgan fingerprint density at radius 3 is 2.73 bits per heavy atom. The molecule has 15 heavy (non-hydrogen) atoms. The van der Waals surface area contributed by atoms with E-state index in [1.807, 2.05) is 16.8 Å². The van der Waals surface area contributed by atoms with Gasteiger partial charge in [-0.05, 0) is 22.4 Å². The van der Waals surface area contributed by atoms with Crippen molar-refractivity contribution in [3.05, 3.63) is 35.0 Å². The number of nitrogens with one attached hydrogen (secondary N) is 2. The van der Waals surface area contributed by atoms with Gasteiger partial charge >= 0.3 is 11.8 Å². The van der Waals surface area contributed by atoms with Crippen molar-refractivity contribution in [1.82, 2.24) is 10.6 Å². The lowest BCUT2D eigenvalue weighted by Gasteiger charge is -2.03. The maximum Gasteiger partial charge on any atom is 0.309 e. The van der Waals surface area contributed by atoms with E-state index in [9.17, 15) is 9.59 Å². The highest BCUT2D eigenvalue weighted by Gasteiger charge is 2.11. The van der Waals surface area contributed by atoms with Crippen molar-refractivity contribution >= 4 is 23.2 Å². The van der Waals surface area contributed by atoms with Crippen LogP contribution < -0.4 is 10.6 Å². The summed E-state index contributed by atoms with van der Waals surface area (Å²) in [6.07, 6.45) is 1.52. The maximum absolute atomic E-state index is 11.2. The van der Waals surface area contributed by atoms with Crippen LogP contribution in [0.4, 0.5) is 0 Å². The van der Waals surface area contributed by atoms with Crippen molar-refractivity contribution in [2.24, 2.45) is 0 Å². The molecule has 0 bridgehead atoms.